The van der Waals surface area contributed by atoms with E-state index in [0.29, 0.717) is 24.2 Å². The van der Waals surface area contributed by atoms with Gasteiger partial charge in [-0.25, -0.2) is 0 Å². The summed E-state index contributed by atoms with van der Waals surface area (Å²) < 4.78 is 0.773. The second kappa shape index (κ2) is 5.54. The Balaban J connectivity index is 2.34. The monoisotopic (exact) mass is 319 g/mol. The van der Waals surface area contributed by atoms with Crippen LogP contribution < -0.4 is 0 Å². The molecule has 1 aromatic carbocycles. The smallest absolute Gasteiger partial charge is 0.228 e. The fraction of sp³-hybridized carbons (Fsp3) is 0.357. The van der Waals surface area contributed by atoms with Crippen molar-refractivity contribution in [2.24, 2.45) is 4.99 Å². The highest BCUT2D eigenvalue weighted by molar-refractivity contribution is 9.10. The minimum absolute atomic E-state index is 0.0966. The van der Waals surface area contributed by atoms with Gasteiger partial charge in [-0.3, -0.25) is 9.79 Å². The molecule has 0 unspecified atom stereocenters. The molecule has 0 radical (unpaired) electrons. The number of hydrogen-bond acceptors (Lipinski definition) is 3. The van der Waals surface area contributed by atoms with E-state index in [1.54, 1.807) is 17.0 Å². The molecule has 1 aliphatic heterocycles. The molecular weight excluding hydrogens is 306 g/mol. The van der Waals surface area contributed by atoms with Gasteiger partial charge in [-0.2, -0.15) is 5.26 Å². The molecule has 0 atom stereocenters. The fourth-order valence-corrected chi connectivity index (χ4v) is 2.49. The van der Waals surface area contributed by atoms with Crippen LogP contribution in [0.3, 0.4) is 0 Å². The maximum atomic E-state index is 11.8. The first-order valence-electron chi connectivity index (χ1n) is 6.07. The Morgan fingerprint density at radius 3 is 2.79 bits per heavy atom. The highest BCUT2D eigenvalue weighted by Gasteiger charge is 2.28. The lowest BCUT2D eigenvalue weighted by Crippen LogP contribution is -2.32. The van der Waals surface area contributed by atoms with Crippen LogP contribution in [-0.4, -0.2) is 29.1 Å². The number of benzene rings is 1. The maximum Gasteiger partial charge on any atom is 0.228 e. The third-order valence-corrected chi connectivity index (χ3v) is 3.67. The van der Waals surface area contributed by atoms with Crippen molar-refractivity contribution in [2.75, 3.05) is 6.54 Å². The summed E-state index contributed by atoms with van der Waals surface area (Å²) in [7, 11) is 0. The van der Waals surface area contributed by atoms with Crippen molar-refractivity contribution in [3.8, 4) is 6.07 Å². The van der Waals surface area contributed by atoms with Gasteiger partial charge >= 0.3 is 0 Å². The van der Waals surface area contributed by atoms with Gasteiger partial charge in [-0.15, -0.1) is 0 Å². The lowest BCUT2D eigenvalue weighted by Gasteiger charge is -2.19. The molecule has 1 aromatic rings. The third-order valence-electron chi connectivity index (χ3n) is 3.03. The van der Waals surface area contributed by atoms with Crippen molar-refractivity contribution in [3.05, 3.63) is 28.2 Å². The highest BCUT2D eigenvalue weighted by Crippen LogP contribution is 2.30. The summed E-state index contributed by atoms with van der Waals surface area (Å²) in [6.07, 6.45) is 0.338. The van der Waals surface area contributed by atoms with E-state index >= 15 is 0 Å². The molecule has 1 amide bonds. The molecule has 1 saturated heterocycles. The van der Waals surface area contributed by atoms with Crippen LogP contribution in [0.15, 0.2) is 27.7 Å². The highest BCUT2D eigenvalue weighted by atomic mass is 79.9. The topological polar surface area (TPSA) is 56.5 Å². The summed E-state index contributed by atoms with van der Waals surface area (Å²) >= 11 is 3.40. The molecule has 0 N–H and O–H groups in total. The Labute approximate surface area is 120 Å². The quantitative estimate of drug-likeness (QED) is 0.841. The van der Waals surface area contributed by atoms with Crippen molar-refractivity contribution in [2.45, 2.75) is 26.3 Å². The van der Waals surface area contributed by atoms with Gasteiger partial charge in [0.05, 0.1) is 24.2 Å². The number of rotatable bonds is 2. The normalized spacial score (nSPS) is 17.3. The lowest BCUT2D eigenvalue weighted by molar-refractivity contribution is -0.128. The molecule has 1 heterocycles. The first kappa shape index (κ1) is 13.8. The Bertz CT molecular complexity index is 587. The van der Waals surface area contributed by atoms with Crippen LogP contribution in [0.25, 0.3) is 0 Å². The van der Waals surface area contributed by atoms with E-state index in [1.807, 2.05) is 19.9 Å². The number of carbonyl (C=O) groups is 1. The van der Waals surface area contributed by atoms with Gasteiger partial charge in [-0.1, -0.05) is 6.07 Å². The van der Waals surface area contributed by atoms with Crippen LogP contribution in [0, 0.1) is 11.3 Å². The number of aliphatic imine (C=N–C) groups is 1. The van der Waals surface area contributed by atoms with Crippen LogP contribution in [0.2, 0.25) is 0 Å². The molecule has 2 rings (SSSR count). The number of hydrogen-bond donors (Lipinski definition) is 0. The zero-order valence-corrected chi connectivity index (χ0v) is 12.4. The molecule has 0 aromatic heterocycles. The van der Waals surface area contributed by atoms with E-state index in [2.05, 4.69) is 27.0 Å². The SMILES string of the molecule is CC(C)N1CC(=Nc2c(Br)cccc2C#N)CC1=O. The number of para-hydroxylation sites is 1. The van der Waals surface area contributed by atoms with Crippen LogP contribution in [0.1, 0.15) is 25.8 Å². The summed E-state index contributed by atoms with van der Waals surface area (Å²) in [5.74, 6) is 0.0966. The molecule has 98 valence electrons. The molecule has 4 nitrogen and oxygen atoms in total. The Hall–Kier alpha value is -1.67. The van der Waals surface area contributed by atoms with E-state index in [-0.39, 0.29) is 11.9 Å². The first-order chi connectivity index (χ1) is 9.02. The van der Waals surface area contributed by atoms with Crippen LogP contribution in [-0.2, 0) is 4.79 Å². The average Bonchev–Trinajstić information content (AvgIpc) is 2.73. The van der Waals surface area contributed by atoms with Crippen molar-refractivity contribution < 1.29 is 4.79 Å². The molecule has 1 aliphatic rings. The summed E-state index contributed by atoms with van der Waals surface area (Å²) in [5.41, 5.74) is 1.93. The molecule has 0 aliphatic carbocycles. The zero-order chi connectivity index (χ0) is 14.0. The van der Waals surface area contributed by atoms with Crippen LogP contribution in [0.5, 0.6) is 0 Å². The zero-order valence-electron chi connectivity index (χ0n) is 10.9. The number of likely N-dealkylation sites (tertiary alicyclic amines) is 1. The fourth-order valence-electron chi connectivity index (χ4n) is 2.04. The van der Waals surface area contributed by atoms with Crippen LogP contribution in [0.4, 0.5) is 5.69 Å². The molecule has 5 heteroatoms. The van der Waals surface area contributed by atoms with E-state index in [0.717, 1.165) is 10.2 Å². The number of nitriles is 1. The minimum Gasteiger partial charge on any atom is -0.334 e. The largest absolute Gasteiger partial charge is 0.334 e. The molecule has 0 saturated carbocycles. The third kappa shape index (κ3) is 2.85. The van der Waals surface area contributed by atoms with Gasteiger partial charge in [0.25, 0.3) is 0 Å². The molecule has 19 heavy (non-hydrogen) atoms. The van der Waals surface area contributed by atoms with Crippen molar-refractivity contribution >= 4 is 33.2 Å². The summed E-state index contributed by atoms with van der Waals surface area (Å²) in [4.78, 5) is 18.1. The summed E-state index contributed by atoms with van der Waals surface area (Å²) in [5, 5.41) is 9.09. The van der Waals surface area contributed by atoms with Gasteiger partial charge in [0, 0.05) is 16.2 Å². The van der Waals surface area contributed by atoms with Gasteiger partial charge < -0.3 is 4.90 Å². The minimum atomic E-state index is 0.0966. The summed E-state index contributed by atoms with van der Waals surface area (Å²) in [6.45, 7) is 4.52. The number of amides is 1. The van der Waals surface area contributed by atoms with Gasteiger partial charge in [0.1, 0.15) is 6.07 Å². The standard InChI is InChI=1S/C14H14BrN3O/c1-9(2)18-8-11(6-13(18)19)17-14-10(7-16)4-3-5-12(14)15/h3-5,9H,6,8H2,1-2H3. The number of nitrogens with zero attached hydrogens (tertiary/aromatic N) is 3. The number of halogens is 1. The molecule has 0 bridgehead atoms. The van der Waals surface area contributed by atoms with E-state index in [1.165, 1.54) is 0 Å². The van der Waals surface area contributed by atoms with Crippen molar-refractivity contribution in [1.82, 2.24) is 4.90 Å². The van der Waals surface area contributed by atoms with Crippen LogP contribution >= 0.6 is 15.9 Å². The molecule has 0 spiro atoms. The van der Waals surface area contributed by atoms with E-state index < -0.39 is 0 Å². The van der Waals surface area contributed by atoms with Gasteiger partial charge in [0.15, 0.2) is 0 Å². The average molecular weight is 320 g/mol. The summed E-state index contributed by atoms with van der Waals surface area (Å²) in [6, 6.07) is 7.66. The Kier molecular flexibility index (Phi) is 4.01. The van der Waals surface area contributed by atoms with Crippen molar-refractivity contribution in [3.63, 3.8) is 0 Å². The lowest BCUT2D eigenvalue weighted by atomic mass is 10.2. The predicted molar refractivity (Wildman–Crippen MR) is 77.4 cm³/mol. The Morgan fingerprint density at radius 1 is 1.47 bits per heavy atom. The van der Waals surface area contributed by atoms with E-state index in [9.17, 15) is 4.79 Å². The Morgan fingerprint density at radius 2 is 2.21 bits per heavy atom. The van der Waals surface area contributed by atoms with Gasteiger partial charge in [-0.05, 0) is 41.9 Å². The second-order valence-electron chi connectivity index (χ2n) is 4.72. The number of carbonyl (C=O) groups excluding carboxylic acids is 1. The van der Waals surface area contributed by atoms with Crippen molar-refractivity contribution in [1.29, 1.82) is 5.26 Å². The maximum absolute atomic E-state index is 11.8. The predicted octanol–water partition coefficient (Wildman–Crippen LogP) is 3.03. The van der Waals surface area contributed by atoms with E-state index in [4.69, 9.17) is 5.26 Å². The van der Waals surface area contributed by atoms with Gasteiger partial charge in [0.2, 0.25) is 5.91 Å². The second-order valence-corrected chi connectivity index (χ2v) is 5.57. The first-order valence-corrected chi connectivity index (χ1v) is 6.86. The molecule has 1 fully saturated rings. The molecular formula is C14H14BrN3O.